The fourth-order valence-electron chi connectivity index (χ4n) is 2.57. The molecule has 0 aliphatic heterocycles. The molecule has 24 heavy (non-hydrogen) atoms. The van der Waals surface area contributed by atoms with Crippen molar-refractivity contribution in [2.24, 2.45) is 5.73 Å². The number of carbonyl (C=O) groups excluding carboxylic acids is 2. The van der Waals surface area contributed by atoms with E-state index in [1.165, 1.54) is 0 Å². The van der Waals surface area contributed by atoms with E-state index in [1.807, 2.05) is 24.3 Å². The van der Waals surface area contributed by atoms with Gasteiger partial charge in [0.15, 0.2) is 5.54 Å². The van der Waals surface area contributed by atoms with Crippen molar-refractivity contribution in [2.75, 3.05) is 0 Å². The molecule has 0 aliphatic carbocycles. The molecule has 0 amide bonds. The highest BCUT2D eigenvalue weighted by Crippen LogP contribution is 2.31. The van der Waals surface area contributed by atoms with Gasteiger partial charge in [0.05, 0.1) is 18.6 Å². The number of fused-ring (bicyclic) bond motifs is 1. The van der Waals surface area contributed by atoms with Gasteiger partial charge in [-0.3, -0.25) is 4.79 Å². The molecule has 0 saturated heterocycles. The Morgan fingerprint density at radius 3 is 2.38 bits per heavy atom. The van der Waals surface area contributed by atoms with Crippen LogP contribution in [0.15, 0.2) is 30.5 Å². The van der Waals surface area contributed by atoms with Crippen LogP contribution in [0, 0.1) is 0 Å². The molecule has 130 valence electrons. The topological polar surface area (TPSA) is 94.4 Å². The predicted octanol–water partition coefficient (Wildman–Crippen LogP) is 2.62. The highest BCUT2D eigenvalue weighted by atomic mass is 16.6. The summed E-state index contributed by atoms with van der Waals surface area (Å²) < 4.78 is 10.5. The van der Waals surface area contributed by atoms with E-state index in [0.29, 0.717) is 5.56 Å². The Hall–Kier alpha value is -2.34. The number of aromatic amines is 1. The molecular formula is C18H24N2O4. The summed E-state index contributed by atoms with van der Waals surface area (Å²) >= 11 is 0. The normalized spacial score (nSPS) is 14.0. The molecular weight excluding hydrogens is 308 g/mol. The van der Waals surface area contributed by atoms with Crippen molar-refractivity contribution in [3.63, 3.8) is 0 Å². The number of rotatable bonds is 6. The standard InChI is InChI=1S/C18H24N2O4/c1-11(2)23-16(21)9-18(19,17(22)24-12(3)4)14-10-20-15-8-6-5-7-13(14)15/h5-8,10-12,20H,9,19H2,1-4H3. The Labute approximate surface area is 141 Å². The summed E-state index contributed by atoms with van der Waals surface area (Å²) in [7, 11) is 0. The zero-order chi connectivity index (χ0) is 17.9. The third kappa shape index (κ3) is 3.76. The Bertz CT molecular complexity index is 735. The molecule has 1 heterocycles. The average molecular weight is 332 g/mol. The van der Waals surface area contributed by atoms with E-state index in [0.717, 1.165) is 10.9 Å². The monoisotopic (exact) mass is 332 g/mol. The molecule has 0 bridgehead atoms. The van der Waals surface area contributed by atoms with Crippen LogP contribution < -0.4 is 5.73 Å². The van der Waals surface area contributed by atoms with E-state index in [4.69, 9.17) is 15.2 Å². The Kier molecular flexibility index (Phi) is 5.29. The molecule has 1 aromatic heterocycles. The first kappa shape index (κ1) is 18.0. The fraction of sp³-hybridized carbons (Fsp3) is 0.444. The zero-order valence-electron chi connectivity index (χ0n) is 14.5. The van der Waals surface area contributed by atoms with E-state index in [1.54, 1.807) is 33.9 Å². The lowest BCUT2D eigenvalue weighted by Crippen LogP contribution is -2.48. The van der Waals surface area contributed by atoms with Crippen LogP contribution in [0.2, 0.25) is 0 Å². The maximum absolute atomic E-state index is 12.7. The summed E-state index contributed by atoms with van der Waals surface area (Å²) in [6.07, 6.45) is 0.727. The molecule has 0 aliphatic rings. The predicted molar refractivity (Wildman–Crippen MR) is 91.2 cm³/mol. The van der Waals surface area contributed by atoms with Gasteiger partial charge in [0.25, 0.3) is 0 Å². The summed E-state index contributed by atoms with van der Waals surface area (Å²) in [6.45, 7) is 6.96. The third-order valence-electron chi connectivity index (χ3n) is 3.57. The lowest BCUT2D eigenvalue weighted by Gasteiger charge is -2.27. The van der Waals surface area contributed by atoms with Crippen LogP contribution in [0.1, 0.15) is 39.7 Å². The molecule has 3 N–H and O–H groups in total. The molecule has 2 aromatic rings. The Morgan fingerprint density at radius 2 is 1.75 bits per heavy atom. The van der Waals surface area contributed by atoms with E-state index in [-0.39, 0.29) is 18.6 Å². The lowest BCUT2D eigenvalue weighted by atomic mass is 9.87. The van der Waals surface area contributed by atoms with Crippen LogP contribution in [0.3, 0.4) is 0 Å². The van der Waals surface area contributed by atoms with Crippen molar-refractivity contribution in [1.29, 1.82) is 0 Å². The van der Waals surface area contributed by atoms with Gasteiger partial charge in [-0.25, -0.2) is 4.79 Å². The first-order chi connectivity index (χ1) is 11.2. The number of benzene rings is 1. The van der Waals surface area contributed by atoms with Gasteiger partial charge in [-0.2, -0.15) is 0 Å². The van der Waals surface area contributed by atoms with Gasteiger partial charge < -0.3 is 20.2 Å². The number of hydrogen-bond acceptors (Lipinski definition) is 5. The van der Waals surface area contributed by atoms with Crippen LogP contribution >= 0.6 is 0 Å². The number of ether oxygens (including phenoxy) is 2. The van der Waals surface area contributed by atoms with Crippen LogP contribution in [0.5, 0.6) is 0 Å². The van der Waals surface area contributed by atoms with Crippen LogP contribution in [-0.2, 0) is 24.6 Å². The number of esters is 2. The second-order valence-electron chi connectivity index (χ2n) is 6.39. The van der Waals surface area contributed by atoms with E-state index < -0.39 is 17.5 Å². The van der Waals surface area contributed by atoms with Gasteiger partial charge in [-0.05, 0) is 33.8 Å². The van der Waals surface area contributed by atoms with Crippen molar-refractivity contribution in [1.82, 2.24) is 4.98 Å². The molecule has 0 spiro atoms. The van der Waals surface area contributed by atoms with Crippen LogP contribution in [0.25, 0.3) is 10.9 Å². The molecule has 1 unspecified atom stereocenters. The maximum atomic E-state index is 12.7. The van der Waals surface area contributed by atoms with Gasteiger partial charge in [0.1, 0.15) is 0 Å². The lowest BCUT2D eigenvalue weighted by molar-refractivity contribution is -0.161. The van der Waals surface area contributed by atoms with Gasteiger partial charge in [-0.15, -0.1) is 0 Å². The summed E-state index contributed by atoms with van der Waals surface area (Å²) in [4.78, 5) is 27.9. The van der Waals surface area contributed by atoms with Crippen LogP contribution in [0.4, 0.5) is 0 Å². The number of aromatic nitrogens is 1. The molecule has 1 aromatic carbocycles. The smallest absolute Gasteiger partial charge is 0.331 e. The first-order valence-corrected chi connectivity index (χ1v) is 8.00. The maximum Gasteiger partial charge on any atom is 0.331 e. The summed E-state index contributed by atoms with van der Waals surface area (Å²) in [5.41, 5.74) is 6.14. The number of nitrogens with one attached hydrogen (secondary N) is 1. The van der Waals surface area contributed by atoms with Crippen molar-refractivity contribution < 1.29 is 19.1 Å². The highest BCUT2D eigenvalue weighted by molar-refractivity contribution is 5.95. The van der Waals surface area contributed by atoms with Gasteiger partial charge in [0.2, 0.25) is 0 Å². The average Bonchev–Trinajstić information content (AvgIpc) is 2.89. The molecule has 6 heteroatoms. The minimum Gasteiger partial charge on any atom is -0.463 e. The molecule has 0 radical (unpaired) electrons. The third-order valence-corrected chi connectivity index (χ3v) is 3.57. The Balaban J connectivity index is 2.45. The minimum absolute atomic E-state index is 0.286. The molecule has 0 saturated carbocycles. The van der Waals surface area contributed by atoms with E-state index in [9.17, 15) is 9.59 Å². The second kappa shape index (κ2) is 7.05. The van der Waals surface area contributed by atoms with E-state index >= 15 is 0 Å². The second-order valence-corrected chi connectivity index (χ2v) is 6.39. The van der Waals surface area contributed by atoms with Crippen LogP contribution in [-0.4, -0.2) is 29.1 Å². The Morgan fingerprint density at radius 1 is 1.12 bits per heavy atom. The van der Waals surface area contributed by atoms with Crippen molar-refractivity contribution in [3.05, 3.63) is 36.0 Å². The summed E-state index contributed by atoms with van der Waals surface area (Å²) in [6, 6.07) is 7.44. The van der Waals surface area contributed by atoms with Gasteiger partial charge >= 0.3 is 11.9 Å². The zero-order valence-corrected chi connectivity index (χ0v) is 14.5. The molecule has 6 nitrogen and oxygen atoms in total. The summed E-state index contributed by atoms with van der Waals surface area (Å²) in [5.74, 6) is -1.19. The number of carbonyl (C=O) groups is 2. The van der Waals surface area contributed by atoms with Gasteiger partial charge in [0, 0.05) is 22.7 Å². The largest absolute Gasteiger partial charge is 0.463 e. The molecule has 0 fully saturated rings. The van der Waals surface area contributed by atoms with Crippen molar-refractivity contribution in [2.45, 2.75) is 51.9 Å². The van der Waals surface area contributed by atoms with Gasteiger partial charge in [-0.1, -0.05) is 18.2 Å². The quantitative estimate of drug-likeness (QED) is 0.793. The van der Waals surface area contributed by atoms with E-state index in [2.05, 4.69) is 4.98 Å². The molecule has 2 rings (SSSR count). The fourth-order valence-corrected chi connectivity index (χ4v) is 2.57. The summed E-state index contributed by atoms with van der Waals surface area (Å²) in [5, 5.41) is 0.776. The minimum atomic E-state index is -1.62. The number of hydrogen-bond donors (Lipinski definition) is 2. The number of para-hydroxylation sites is 1. The van der Waals surface area contributed by atoms with Crippen molar-refractivity contribution in [3.8, 4) is 0 Å². The number of nitrogens with two attached hydrogens (primary N) is 1. The SMILES string of the molecule is CC(C)OC(=O)CC(N)(C(=O)OC(C)C)c1c[nH]c2ccccc12. The highest BCUT2D eigenvalue weighted by Gasteiger charge is 2.43. The number of H-pyrrole nitrogens is 1. The molecule has 1 atom stereocenters. The van der Waals surface area contributed by atoms with Crippen molar-refractivity contribution >= 4 is 22.8 Å². The first-order valence-electron chi connectivity index (χ1n) is 8.00.